The number of hydrogen-bond donors (Lipinski definition) is 2. The van der Waals surface area contributed by atoms with Crippen molar-refractivity contribution in [3.63, 3.8) is 0 Å². The number of phenols is 1. The van der Waals surface area contributed by atoms with Crippen molar-refractivity contribution in [3.8, 4) is 5.75 Å². The summed E-state index contributed by atoms with van der Waals surface area (Å²) in [5.74, 6) is 0.0327. The van der Waals surface area contributed by atoms with Gasteiger partial charge in [0.05, 0.1) is 6.42 Å². The lowest BCUT2D eigenvalue weighted by Crippen LogP contribution is -2.13. The van der Waals surface area contributed by atoms with Crippen LogP contribution in [-0.4, -0.2) is 16.0 Å². The second-order valence-electron chi connectivity index (χ2n) is 3.67. The molecule has 4 nitrogen and oxygen atoms in total. The number of amides is 1. The van der Waals surface area contributed by atoms with Crippen LogP contribution in [0.25, 0.3) is 0 Å². The number of nitrogens with one attached hydrogen (secondary N) is 1. The topological polar surface area (TPSA) is 62.2 Å². The van der Waals surface area contributed by atoms with Crippen molar-refractivity contribution in [2.45, 2.75) is 13.3 Å². The zero-order valence-electron chi connectivity index (χ0n) is 9.30. The molecule has 2 aromatic rings. The standard InChI is InChI=1S/C12H12N2O2S/c1-8-7-13-12(17-8)14-11(16)6-9-3-2-4-10(15)5-9/h2-5,7,15H,6H2,1H3,(H,13,14,16). The second kappa shape index (κ2) is 4.97. The molecule has 2 N–H and O–H groups in total. The Morgan fingerprint density at radius 1 is 1.53 bits per heavy atom. The van der Waals surface area contributed by atoms with Gasteiger partial charge >= 0.3 is 0 Å². The van der Waals surface area contributed by atoms with Crippen molar-refractivity contribution in [2.75, 3.05) is 5.32 Å². The number of aromatic nitrogens is 1. The average Bonchev–Trinajstić information content (AvgIpc) is 2.63. The van der Waals surface area contributed by atoms with E-state index in [4.69, 9.17) is 0 Å². The van der Waals surface area contributed by atoms with E-state index in [9.17, 15) is 9.90 Å². The Bertz CT molecular complexity index is 537. The Labute approximate surface area is 103 Å². The lowest BCUT2D eigenvalue weighted by Gasteiger charge is -2.02. The van der Waals surface area contributed by atoms with E-state index in [-0.39, 0.29) is 18.1 Å². The number of aryl methyl sites for hydroxylation is 1. The normalized spacial score (nSPS) is 10.2. The summed E-state index contributed by atoms with van der Waals surface area (Å²) in [6.45, 7) is 1.93. The van der Waals surface area contributed by atoms with Gasteiger partial charge in [-0.05, 0) is 24.6 Å². The molecule has 0 unspecified atom stereocenters. The minimum absolute atomic E-state index is 0.134. The smallest absolute Gasteiger partial charge is 0.230 e. The molecule has 0 atom stereocenters. The van der Waals surface area contributed by atoms with E-state index in [2.05, 4.69) is 10.3 Å². The molecule has 0 aliphatic rings. The summed E-state index contributed by atoms with van der Waals surface area (Å²) in [4.78, 5) is 16.8. The Balaban J connectivity index is 1.98. The quantitative estimate of drug-likeness (QED) is 0.876. The Kier molecular flexibility index (Phi) is 3.39. The Hall–Kier alpha value is -1.88. The van der Waals surface area contributed by atoms with Gasteiger partial charge in [0, 0.05) is 11.1 Å². The summed E-state index contributed by atoms with van der Waals surface area (Å²) < 4.78 is 0. The lowest BCUT2D eigenvalue weighted by atomic mass is 10.1. The number of thiazole rings is 1. The molecule has 1 heterocycles. The summed E-state index contributed by atoms with van der Waals surface area (Å²) in [5.41, 5.74) is 0.774. The van der Waals surface area contributed by atoms with E-state index in [0.29, 0.717) is 5.13 Å². The molecule has 2 rings (SSSR count). The van der Waals surface area contributed by atoms with E-state index in [1.54, 1.807) is 30.5 Å². The molecule has 0 aliphatic carbocycles. The number of nitrogens with zero attached hydrogens (tertiary/aromatic N) is 1. The van der Waals surface area contributed by atoms with Crippen LogP contribution in [0.5, 0.6) is 5.75 Å². The summed E-state index contributed by atoms with van der Waals surface area (Å²) >= 11 is 1.44. The van der Waals surface area contributed by atoms with E-state index >= 15 is 0 Å². The molecule has 0 aliphatic heterocycles. The highest BCUT2D eigenvalue weighted by molar-refractivity contribution is 7.15. The van der Waals surface area contributed by atoms with Gasteiger partial charge in [-0.1, -0.05) is 12.1 Å². The van der Waals surface area contributed by atoms with Crippen LogP contribution in [0, 0.1) is 6.92 Å². The van der Waals surface area contributed by atoms with Crippen LogP contribution in [0.15, 0.2) is 30.5 Å². The molecule has 17 heavy (non-hydrogen) atoms. The van der Waals surface area contributed by atoms with Crippen molar-refractivity contribution in [2.24, 2.45) is 0 Å². The highest BCUT2D eigenvalue weighted by Gasteiger charge is 2.06. The minimum Gasteiger partial charge on any atom is -0.508 e. The zero-order chi connectivity index (χ0) is 12.3. The third kappa shape index (κ3) is 3.29. The minimum atomic E-state index is -0.134. The first-order valence-corrected chi connectivity index (χ1v) is 5.95. The molecule has 0 radical (unpaired) electrons. The van der Waals surface area contributed by atoms with Gasteiger partial charge in [-0.3, -0.25) is 4.79 Å². The molecule has 0 bridgehead atoms. The average molecular weight is 248 g/mol. The fourth-order valence-corrected chi connectivity index (χ4v) is 2.11. The van der Waals surface area contributed by atoms with Gasteiger partial charge in [-0.25, -0.2) is 4.98 Å². The molecule has 0 saturated carbocycles. The second-order valence-corrected chi connectivity index (χ2v) is 4.91. The monoisotopic (exact) mass is 248 g/mol. The first kappa shape index (κ1) is 11.6. The molecular weight excluding hydrogens is 236 g/mol. The number of carbonyl (C=O) groups is 1. The van der Waals surface area contributed by atoms with E-state index in [1.807, 2.05) is 6.92 Å². The SMILES string of the molecule is Cc1cnc(NC(=O)Cc2cccc(O)c2)s1. The predicted molar refractivity (Wildman–Crippen MR) is 67.3 cm³/mol. The fourth-order valence-electron chi connectivity index (χ4n) is 1.43. The van der Waals surface area contributed by atoms with Crippen LogP contribution < -0.4 is 5.32 Å². The summed E-state index contributed by atoms with van der Waals surface area (Å²) in [7, 11) is 0. The van der Waals surface area contributed by atoms with E-state index in [0.717, 1.165) is 10.4 Å². The van der Waals surface area contributed by atoms with Crippen molar-refractivity contribution in [1.82, 2.24) is 4.98 Å². The van der Waals surface area contributed by atoms with Crippen molar-refractivity contribution < 1.29 is 9.90 Å². The predicted octanol–water partition coefficient (Wildman–Crippen LogP) is 2.34. The van der Waals surface area contributed by atoms with Crippen molar-refractivity contribution >= 4 is 22.4 Å². The molecule has 1 aromatic heterocycles. The van der Waals surface area contributed by atoms with Crippen LogP contribution in [0.4, 0.5) is 5.13 Å². The molecule has 88 valence electrons. The summed E-state index contributed by atoms with van der Waals surface area (Å²) in [6, 6.07) is 6.66. The largest absolute Gasteiger partial charge is 0.508 e. The number of phenolic OH excluding ortho intramolecular Hbond substituents is 1. The zero-order valence-corrected chi connectivity index (χ0v) is 10.1. The summed E-state index contributed by atoms with van der Waals surface area (Å²) in [6.07, 6.45) is 1.95. The number of carbonyl (C=O) groups excluding carboxylic acids is 1. The molecule has 0 spiro atoms. The van der Waals surface area contributed by atoms with Crippen molar-refractivity contribution in [1.29, 1.82) is 0 Å². The number of hydrogen-bond acceptors (Lipinski definition) is 4. The van der Waals surface area contributed by atoms with Crippen LogP contribution in [0.1, 0.15) is 10.4 Å². The number of benzene rings is 1. The molecular formula is C12H12N2O2S. The number of rotatable bonds is 3. The Morgan fingerprint density at radius 3 is 3.00 bits per heavy atom. The first-order chi connectivity index (χ1) is 8.13. The van der Waals surface area contributed by atoms with Gasteiger partial charge in [0.2, 0.25) is 5.91 Å². The highest BCUT2D eigenvalue weighted by Crippen LogP contribution is 2.17. The molecule has 5 heteroatoms. The van der Waals surface area contributed by atoms with Gasteiger partial charge < -0.3 is 10.4 Å². The highest BCUT2D eigenvalue weighted by atomic mass is 32.1. The lowest BCUT2D eigenvalue weighted by molar-refractivity contribution is -0.115. The van der Waals surface area contributed by atoms with E-state index < -0.39 is 0 Å². The van der Waals surface area contributed by atoms with Crippen LogP contribution in [0.2, 0.25) is 0 Å². The first-order valence-electron chi connectivity index (χ1n) is 5.13. The van der Waals surface area contributed by atoms with Gasteiger partial charge in [-0.15, -0.1) is 11.3 Å². The molecule has 0 fully saturated rings. The molecule has 1 amide bonds. The van der Waals surface area contributed by atoms with Crippen LogP contribution in [-0.2, 0) is 11.2 Å². The van der Waals surface area contributed by atoms with Crippen LogP contribution in [0.3, 0.4) is 0 Å². The van der Waals surface area contributed by atoms with Gasteiger partial charge in [-0.2, -0.15) is 0 Å². The maximum absolute atomic E-state index is 11.7. The third-order valence-corrected chi connectivity index (χ3v) is 2.97. The van der Waals surface area contributed by atoms with Gasteiger partial charge in [0.15, 0.2) is 5.13 Å². The molecule has 1 aromatic carbocycles. The maximum Gasteiger partial charge on any atom is 0.230 e. The number of anilines is 1. The number of aromatic hydroxyl groups is 1. The fraction of sp³-hybridized carbons (Fsp3) is 0.167. The van der Waals surface area contributed by atoms with Gasteiger partial charge in [0.25, 0.3) is 0 Å². The van der Waals surface area contributed by atoms with Crippen molar-refractivity contribution in [3.05, 3.63) is 40.9 Å². The van der Waals surface area contributed by atoms with E-state index in [1.165, 1.54) is 11.3 Å². The Morgan fingerprint density at radius 2 is 2.35 bits per heavy atom. The molecule has 0 saturated heterocycles. The summed E-state index contributed by atoms with van der Waals surface area (Å²) in [5, 5.41) is 12.6. The third-order valence-electron chi connectivity index (χ3n) is 2.14. The van der Waals surface area contributed by atoms with Gasteiger partial charge in [0.1, 0.15) is 5.75 Å². The van der Waals surface area contributed by atoms with Crippen LogP contribution >= 0.6 is 11.3 Å². The maximum atomic E-state index is 11.7.